The zero-order valence-corrected chi connectivity index (χ0v) is 12.5. The number of hydrogen-bond acceptors (Lipinski definition) is 3. The minimum atomic E-state index is -1.17. The topological polar surface area (TPSA) is 68.0 Å². The largest absolute Gasteiger partial charge is 0.475 e. The van der Waals surface area contributed by atoms with E-state index in [2.05, 4.69) is 10.1 Å². The SMILES string of the molecule is CCCc1nc(C(=O)O)nn1-c1cc(Cl)c(C)cc1Cl. The highest BCUT2D eigenvalue weighted by atomic mass is 35.5. The molecule has 1 aromatic carbocycles. The molecule has 0 amide bonds. The van der Waals surface area contributed by atoms with Crippen LogP contribution in [0.3, 0.4) is 0 Å². The molecule has 1 N–H and O–H groups in total. The third kappa shape index (κ3) is 2.78. The van der Waals surface area contributed by atoms with Crippen LogP contribution in [0.15, 0.2) is 12.1 Å². The molecule has 0 spiro atoms. The lowest BCUT2D eigenvalue weighted by atomic mass is 10.2. The number of halogens is 2. The first-order chi connectivity index (χ1) is 9.43. The molecule has 0 atom stereocenters. The van der Waals surface area contributed by atoms with Gasteiger partial charge in [0.2, 0.25) is 0 Å². The normalized spacial score (nSPS) is 10.8. The van der Waals surface area contributed by atoms with E-state index in [-0.39, 0.29) is 5.82 Å². The van der Waals surface area contributed by atoms with Crippen LogP contribution in [0.5, 0.6) is 0 Å². The van der Waals surface area contributed by atoms with Crippen molar-refractivity contribution in [1.29, 1.82) is 0 Å². The van der Waals surface area contributed by atoms with E-state index < -0.39 is 5.97 Å². The molecule has 20 heavy (non-hydrogen) atoms. The molecule has 106 valence electrons. The summed E-state index contributed by atoms with van der Waals surface area (Å²) in [6.07, 6.45) is 1.41. The smallest absolute Gasteiger partial charge is 0.375 e. The van der Waals surface area contributed by atoms with Gasteiger partial charge in [-0.25, -0.2) is 14.5 Å². The summed E-state index contributed by atoms with van der Waals surface area (Å²) in [7, 11) is 0. The maximum atomic E-state index is 11.0. The van der Waals surface area contributed by atoms with Gasteiger partial charge in [0.1, 0.15) is 5.82 Å². The summed E-state index contributed by atoms with van der Waals surface area (Å²) in [5.74, 6) is -0.872. The number of aromatic nitrogens is 3. The maximum absolute atomic E-state index is 11.0. The molecule has 7 heteroatoms. The number of rotatable bonds is 4. The summed E-state index contributed by atoms with van der Waals surface area (Å²) in [6.45, 7) is 3.82. The summed E-state index contributed by atoms with van der Waals surface area (Å²) in [6, 6.07) is 3.38. The lowest BCUT2D eigenvalue weighted by molar-refractivity contribution is 0.0683. The molecule has 0 fully saturated rings. The lowest BCUT2D eigenvalue weighted by Crippen LogP contribution is -2.05. The van der Waals surface area contributed by atoms with E-state index in [0.717, 1.165) is 12.0 Å². The molecule has 0 saturated heterocycles. The van der Waals surface area contributed by atoms with Crippen LogP contribution in [0.1, 0.15) is 35.4 Å². The Morgan fingerprint density at radius 1 is 1.35 bits per heavy atom. The molecule has 5 nitrogen and oxygen atoms in total. The third-order valence-corrected chi connectivity index (χ3v) is 3.51. The molecule has 0 unspecified atom stereocenters. The van der Waals surface area contributed by atoms with E-state index in [0.29, 0.717) is 28.0 Å². The van der Waals surface area contributed by atoms with E-state index in [1.165, 1.54) is 4.68 Å². The number of carbonyl (C=O) groups is 1. The van der Waals surface area contributed by atoms with Crippen molar-refractivity contribution in [2.45, 2.75) is 26.7 Å². The van der Waals surface area contributed by atoms with Crippen molar-refractivity contribution in [1.82, 2.24) is 14.8 Å². The van der Waals surface area contributed by atoms with Crippen LogP contribution in [-0.2, 0) is 6.42 Å². The number of benzene rings is 1. The van der Waals surface area contributed by atoms with Gasteiger partial charge >= 0.3 is 5.97 Å². The van der Waals surface area contributed by atoms with E-state index in [1.807, 2.05) is 13.8 Å². The fourth-order valence-electron chi connectivity index (χ4n) is 1.81. The van der Waals surface area contributed by atoms with E-state index in [9.17, 15) is 4.79 Å². The highest BCUT2D eigenvalue weighted by molar-refractivity contribution is 6.35. The Labute approximate surface area is 126 Å². The highest BCUT2D eigenvalue weighted by Gasteiger charge is 2.18. The molecular weight excluding hydrogens is 301 g/mol. The monoisotopic (exact) mass is 313 g/mol. The molecule has 0 radical (unpaired) electrons. The summed E-state index contributed by atoms with van der Waals surface area (Å²) in [5.41, 5.74) is 1.38. The van der Waals surface area contributed by atoms with Crippen molar-refractivity contribution < 1.29 is 9.90 Å². The Morgan fingerprint density at radius 2 is 2.05 bits per heavy atom. The third-order valence-electron chi connectivity index (χ3n) is 2.80. The van der Waals surface area contributed by atoms with Crippen LogP contribution in [0.4, 0.5) is 0 Å². The minimum absolute atomic E-state index is 0.249. The number of nitrogens with zero attached hydrogens (tertiary/aromatic N) is 3. The second-order valence-corrected chi connectivity index (χ2v) is 5.19. The quantitative estimate of drug-likeness (QED) is 0.937. The predicted octanol–water partition coefficient (Wildman–Crippen LogP) is 3.53. The summed E-state index contributed by atoms with van der Waals surface area (Å²) in [5, 5.41) is 14.0. The van der Waals surface area contributed by atoms with Gasteiger partial charge < -0.3 is 5.11 Å². The Hall–Kier alpha value is -1.59. The van der Waals surface area contributed by atoms with Gasteiger partial charge in [-0.05, 0) is 31.0 Å². The van der Waals surface area contributed by atoms with E-state index in [4.69, 9.17) is 28.3 Å². The number of aromatic carboxylic acids is 1. The van der Waals surface area contributed by atoms with Crippen LogP contribution >= 0.6 is 23.2 Å². The van der Waals surface area contributed by atoms with Crippen molar-refractivity contribution >= 4 is 29.2 Å². The van der Waals surface area contributed by atoms with Crippen LogP contribution < -0.4 is 0 Å². The van der Waals surface area contributed by atoms with Crippen LogP contribution in [-0.4, -0.2) is 25.8 Å². The molecule has 2 aromatic rings. The maximum Gasteiger partial charge on any atom is 0.375 e. The van der Waals surface area contributed by atoms with Crippen LogP contribution in [0.2, 0.25) is 10.0 Å². The lowest BCUT2D eigenvalue weighted by Gasteiger charge is -2.09. The van der Waals surface area contributed by atoms with Crippen LogP contribution in [0.25, 0.3) is 5.69 Å². The van der Waals surface area contributed by atoms with Crippen molar-refractivity contribution in [2.24, 2.45) is 0 Å². The van der Waals surface area contributed by atoms with Gasteiger partial charge in [0, 0.05) is 11.4 Å². The summed E-state index contributed by atoms with van der Waals surface area (Å²) in [4.78, 5) is 15.0. The molecule has 0 saturated carbocycles. The summed E-state index contributed by atoms with van der Waals surface area (Å²) < 4.78 is 1.45. The van der Waals surface area contributed by atoms with Crippen molar-refractivity contribution in [3.8, 4) is 5.69 Å². The van der Waals surface area contributed by atoms with E-state index >= 15 is 0 Å². The predicted molar refractivity (Wildman–Crippen MR) is 77.1 cm³/mol. The molecule has 0 aliphatic heterocycles. The van der Waals surface area contributed by atoms with E-state index in [1.54, 1.807) is 12.1 Å². The molecular formula is C13H13Cl2N3O2. The Morgan fingerprint density at radius 3 is 2.65 bits per heavy atom. The Bertz CT molecular complexity index is 668. The number of aryl methyl sites for hydroxylation is 2. The van der Waals surface area contributed by atoms with Gasteiger partial charge in [-0.3, -0.25) is 0 Å². The van der Waals surface area contributed by atoms with Gasteiger partial charge in [-0.1, -0.05) is 30.1 Å². The number of carboxylic acid groups (broad SMARTS) is 1. The van der Waals surface area contributed by atoms with Crippen molar-refractivity contribution in [3.63, 3.8) is 0 Å². The first-order valence-electron chi connectivity index (χ1n) is 6.09. The number of hydrogen-bond donors (Lipinski definition) is 1. The van der Waals surface area contributed by atoms with Gasteiger partial charge in [0.15, 0.2) is 0 Å². The van der Waals surface area contributed by atoms with Crippen molar-refractivity contribution in [3.05, 3.63) is 39.4 Å². The fraction of sp³-hybridized carbons (Fsp3) is 0.308. The zero-order chi connectivity index (χ0) is 14.9. The molecule has 2 rings (SSSR count). The summed E-state index contributed by atoms with van der Waals surface area (Å²) >= 11 is 12.3. The van der Waals surface area contributed by atoms with Gasteiger partial charge in [-0.15, -0.1) is 5.10 Å². The van der Waals surface area contributed by atoms with Gasteiger partial charge in [-0.2, -0.15) is 0 Å². The standard InChI is InChI=1S/C13H13Cl2N3O2/c1-3-4-11-16-12(13(19)20)17-18(11)10-6-8(14)7(2)5-9(10)15/h5-6H,3-4H2,1-2H3,(H,19,20). The molecule has 0 aliphatic carbocycles. The average Bonchev–Trinajstić information content (AvgIpc) is 2.78. The molecule has 1 heterocycles. The van der Waals surface area contributed by atoms with Gasteiger partial charge in [0.25, 0.3) is 5.82 Å². The number of carboxylic acids is 1. The second-order valence-electron chi connectivity index (χ2n) is 4.37. The molecule has 1 aromatic heterocycles. The Balaban J connectivity index is 2.61. The Kier molecular flexibility index (Phi) is 4.30. The van der Waals surface area contributed by atoms with Crippen LogP contribution in [0, 0.1) is 6.92 Å². The van der Waals surface area contributed by atoms with Gasteiger partial charge in [0.05, 0.1) is 10.7 Å². The second kappa shape index (κ2) is 5.81. The zero-order valence-electron chi connectivity index (χ0n) is 11.0. The first-order valence-corrected chi connectivity index (χ1v) is 6.85. The van der Waals surface area contributed by atoms with Crippen molar-refractivity contribution in [2.75, 3.05) is 0 Å². The minimum Gasteiger partial charge on any atom is -0.475 e. The fourth-order valence-corrected chi connectivity index (χ4v) is 2.27. The highest BCUT2D eigenvalue weighted by Crippen LogP contribution is 2.28. The molecule has 0 bridgehead atoms. The first kappa shape index (κ1) is 14.8. The molecule has 0 aliphatic rings. The average molecular weight is 314 g/mol.